The number of piperazine rings is 1. The van der Waals surface area contributed by atoms with Gasteiger partial charge in [-0.05, 0) is 74.0 Å². The maximum absolute atomic E-state index is 12.4. The second-order valence-corrected chi connectivity index (χ2v) is 15.9. The summed E-state index contributed by atoms with van der Waals surface area (Å²) in [6.45, 7) is 15.8. The summed E-state index contributed by atoms with van der Waals surface area (Å²) in [5.41, 5.74) is 0.620. The van der Waals surface area contributed by atoms with Gasteiger partial charge in [0.15, 0.2) is 6.10 Å². The fraction of sp³-hybridized carbons (Fsp3) is 0.969. The largest absolute Gasteiger partial charge is 1.00 e. The van der Waals surface area contributed by atoms with Gasteiger partial charge in [-0.15, -0.1) is 0 Å². The quantitative estimate of drug-likeness (QED) is 0.193. The molecule has 6 nitrogen and oxygen atoms in total. The summed E-state index contributed by atoms with van der Waals surface area (Å²) in [4.78, 5) is 15.3. The molecule has 0 unspecified atom stereocenters. The molecule has 8 heteroatoms. The lowest BCUT2D eigenvalue weighted by atomic mass is 9.45. The molecule has 232 valence electrons. The number of morpholine rings is 1. The molecule has 2 saturated heterocycles. The Bertz CT molecular complexity index is 904. The Morgan fingerprint density at radius 1 is 0.850 bits per heavy atom. The Morgan fingerprint density at radius 2 is 1.50 bits per heavy atom. The fourth-order valence-electron chi connectivity index (χ4n) is 11.0. The van der Waals surface area contributed by atoms with Crippen LogP contribution in [0.15, 0.2) is 0 Å². The maximum atomic E-state index is 12.4. The Kier molecular flexibility index (Phi) is 10.3. The molecular weight excluding hydrogens is 728 g/mol. The van der Waals surface area contributed by atoms with Gasteiger partial charge in [0.1, 0.15) is 19.1 Å². The molecule has 0 aromatic carbocycles. The van der Waals surface area contributed by atoms with Crippen LogP contribution in [0.3, 0.4) is 0 Å². The van der Waals surface area contributed by atoms with Crippen molar-refractivity contribution in [1.82, 2.24) is 4.90 Å². The monoisotopic (exact) mass is 785 g/mol. The summed E-state index contributed by atoms with van der Waals surface area (Å²) in [5.74, 6) is 3.14. The Labute approximate surface area is 278 Å². The zero-order valence-electron chi connectivity index (χ0n) is 26.2. The topological polar surface area (TPSA) is 38.8 Å². The highest BCUT2D eigenvalue weighted by atomic mass is 127. The lowest BCUT2D eigenvalue weighted by Gasteiger charge is -2.61. The summed E-state index contributed by atoms with van der Waals surface area (Å²) in [6, 6.07) is 1.23. The normalized spacial score (nSPS) is 46.0. The van der Waals surface area contributed by atoms with Crippen LogP contribution in [0, 0.1) is 34.5 Å². The number of ether oxygens (including phenoxy) is 2. The van der Waals surface area contributed by atoms with E-state index in [1.807, 2.05) is 0 Å². The molecule has 40 heavy (non-hydrogen) atoms. The Morgan fingerprint density at radius 3 is 2.15 bits per heavy atom. The van der Waals surface area contributed by atoms with Crippen molar-refractivity contribution >= 4 is 5.97 Å². The summed E-state index contributed by atoms with van der Waals surface area (Å²) in [7, 11) is 7.21. The second-order valence-electron chi connectivity index (χ2n) is 15.9. The fourth-order valence-corrected chi connectivity index (χ4v) is 11.0. The van der Waals surface area contributed by atoms with Gasteiger partial charge in [0, 0.05) is 37.9 Å². The second kappa shape index (κ2) is 12.3. The van der Waals surface area contributed by atoms with Crippen LogP contribution in [-0.2, 0) is 14.3 Å². The van der Waals surface area contributed by atoms with Crippen molar-refractivity contribution in [3.05, 3.63) is 0 Å². The van der Waals surface area contributed by atoms with E-state index in [1.54, 1.807) is 6.92 Å². The van der Waals surface area contributed by atoms with E-state index >= 15 is 0 Å². The van der Waals surface area contributed by atoms with Crippen molar-refractivity contribution in [3.8, 4) is 0 Å². The van der Waals surface area contributed by atoms with Crippen LogP contribution in [0.5, 0.6) is 0 Å². The molecule has 0 aromatic heterocycles. The summed E-state index contributed by atoms with van der Waals surface area (Å²) >= 11 is 0. The van der Waals surface area contributed by atoms with Gasteiger partial charge >= 0.3 is 5.97 Å². The number of esters is 1. The van der Waals surface area contributed by atoms with Crippen molar-refractivity contribution in [2.45, 2.75) is 90.3 Å². The molecule has 4 saturated carbocycles. The molecule has 0 spiro atoms. The van der Waals surface area contributed by atoms with Crippen molar-refractivity contribution in [2.75, 3.05) is 73.6 Å². The lowest BCUT2D eigenvalue weighted by Crippen LogP contribution is -3.00. The third-order valence-electron chi connectivity index (χ3n) is 13.7. The third kappa shape index (κ3) is 5.79. The van der Waals surface area contributed by atoms with E-state index in [4.69, 9.17) is 9.47 Å². The molecule has 2 heterocycles. The number of likely N-dealkylation sites (N-methyl/N-ethyl adjacent to an activating group) is 2. The first-order chi connectivity index (χ1) is 18.0. The van der Waals surface area contributed by atoms with E-state index in [0.29, 0.717) is 17.4 Å². The number of fused-ring (bicyclic) bond motifs is 5. The van der Waals surface area contributed by atoms with E-state index in [1.165, 1.54) is 82.0 Å². The predicted octanol–water partition coefficient (Wildman–Crippen LogP) is -1.82. The first-order valence-corrected chi connectivity index (χ1v) is 16.1. The highest BCUT2D eigenvalue weighted by Crippen LogP contribution is 2.67. The van der Waals surface area contributed by atoms with Crippen LogP contribution in [0.25, 0.3) is 0 Å². The van der Waals surface area contributed by atoms with Gasteiger partial charge in [-0.25, -0.2) is 0 Å². The van der Waals surface area contributed by atoms with Gasteiger partial charge in [-0.1, -0.05) is 13.8 Å². The van der Waals surface area contributed by atoms with Crippen molar-refractivity contribution in [1.29, 1.82) is 0 Å². The first kappa shape index (κ1) is 33.7. The van der Waals surface area contributed by atoms with Crippen LogP contribution in [0.4, 0.5) is 0 Å². The highest BCUT2D eigenvalue weighted by Gasteiger charge is 2.66. The van der Waals surface area contributed by atoms with E-state index < -0.39 is 0 Å². The molecule has 2 aliphatic heterocycles. The zero-order chi connectivity index (χ0) is 26.9. The standard InChI is InChI=1S/C32H57N3O3.2HI/c1-23(36)38-30-29(35(6)17-19-37-20-18-35)22-28-26-8-7-24-21-25(33-13-15-34(4,5)16-14-33)9-11-31(24,2)27(26)10-12-32(28,30)3;;/h24-30H,7-22H2,1-6H3;2*1H/q+2;;/p-2/t24-,25+,26+,27-,28-,29-,30-,31-,32-;;/m0../s1. The number of halogens is 2. The molecule has 9 atom stereocenters. The van der Waals surface area contributed by atoms with Crippen LogP contribution < -0.4 is 48.0 Å². The number of carbonyl (C=O) groups is 1. The van der Waals surface area contributed by atoms with E-state index in [0.717, 1.165) is 54.6 Å². The van der Waals surface area contributed by atoms with Gasteiger partial charge < -0.3 is 66.4 Å². The summed E-state index contributed by atoms with van der Waals surface area (Å²) in [5, 5.41) is 0. The molecule has 6 fully saturated rings. The third-order valence-corrected chi connectivity index (χ3v) is 13.7. The van der Waals surface area contributed by atoms with E-state index in [-0.39, 0.29) is 65.4 Å². The molecule has 0 amide bonds. The molecule has 0 N–H and O–H groups in total. The molecule has 0 radical (unpaired) electrons. The van der Waals surface area contributed by atoms with Gasteiger partial charge in [0.05, 0.1) is 47.4 Å². The lowest BCUT2D eigenvalue weighted by molar-refractivity contribution is -0.942. The van der Waals surface area contributed by atoms with Crippen molar-refractivity contribution < 1.29 is 71.2 Å². The average Bonchev–Trinajstić information content (AvgIpc) is 3.17. The number of hydrogen-bond acceptors (Lipinski definition) is 4. The highest BCUT2D eigenvalue weighted by molar-refractivity contribution is 5.66. The molecule has 6 aliphatic rings. The minimum Gasteiger partial charge on any atom is -1.00 e. The van der Waals surface area contributed by atoms with Gasteiger partial charge in [-0.2, -0.15) is 0 Å². The summed E-state index contributed by atoms with van der Waals surface area (Å²) < 4.78 is 14.3. The number of hydrogen-bond donors (Lipinski definition) is 0. The zero-order valence-corrected chi connectivity index (χ0v) is 30.5. The van der Waals surface area contributed by atoms with Crippen LogP contribution in [0.1, 0.15) is 72.1 Å². The average molecular weight is 786 g/mol. The minimum atomic E-state index is -0.0854. The van der Waals surface area contributed by atoms with Crippen LogP contribution in [0.2, 0.25) is 0 Å². The van der Waals surface area contributed by atoms with Gasteiger partial charge in [-0.3, -0.25) is 9.69 Å². The van der Waals surface area contributed by atoms with Crippen LogP contribution in [-0.4, -0.2) is 112 Å². The Hall–Kier alpha value is 0.770. The number of rotatable bonds is 3. The van der Waals surface area contributed by atoms with Crippen LogP contribution >= 0.6 is 0 Å². The van der Waals surface area contributed by atoms with Crippen molar-refractivity contribution in [2.24, 2.45) is 34.5 Å². The van der Waals surface area contributed by atoms with Crippen molar-refractivity contribution in [3.63, 3.8) is 0 Å². The first-order valence-electron chi connectivity index (χ1n) is 16.1. The number of carbonyl (C=O) groups excluding carboxylic acids is 1. The summed E-state index contributed by atoms with van der Waals surface area (Å²) in [6.07, 6.45) is 10.9. The molecule has 6 rings (SSSR count). The number of nitrogens with zero attached hydrogens (tertiary/aromatic N) is 3. The molecule has 0 bridgehead atoms. The van der Waals surface area contributed by atoms with E-state index in [9.17, 15) is 4.79 Å². The molecule has 4 aliphatic carbocycles. The van der Waals surface area contributed by atoms with Gasteiger partial charge in [0.2, 0.25) is 0 Å². The predicted molar refractivity (Wildman–Crippen MR) is 150 cm³/mol. The smallest absolute Gasteiger partial charge is 0.303 e. The minimum absolute atomic E-state index is 0. The molecule has 0 aromatic rings. The molecular formula is C32H57I2N3O3. The Balaban J connectivity index is 0.00000185. The van der Waals surface area contributed by atoms with E-state index in [2.05, 4.69) is 39.9 Å². The SMILES string of the molecule is CC(=O)O[C@H]1[C@@H]([N+]2(C)CCOCC2)C[C@H]2[C@@H]3CC[C@H]4C[C@H](N5CC[N+](C)(C)CC5)CC[C@]4(C)[C@H]3CC[C@@]21C.[I-].[I-]. The number of quaternary nitrogens is 2. The van der Waals surface area contributed by atoms with Gasteiger partial charge in [0.25, 0.3) is 0 Å². The maximum Gasteiger partial charge on any atom is 0.303 e.